The van der Waals surface area contributed by atoms with E-state index in [1.54, 1.807) is 18.2 Å². The van der Waals surface area contributed by atoms with Crippen LogP contribution < -0.4 is 15.8 Å². The van der Waals surface area contributed by atoms with E-state index in [1.807, 2.05) is 6.07 Å². The van der Waals surface area contributed by atoms with Crippen LogP contribution in [0.2, 0.25) is 0 Å². The Hall–Kier alpha value is -1.89. The molecule has 1 aliphatic rings. The van der Waals surface area contributed by atoms with Gasteiger partial charge in [0.2, 0.25) is 0 Å². The molecule has 7 heteroatoms. The lowest BCUT2D eigenvalue weighted by Crippen LogP contribution is -2.42. The predicted molar refractivity (Wildman–Crippen MR) is 91.5 cm³/mol. The van der Waals surface area contributed by atoms with E-state index >= 15 is 0 Å². The highest BCUT2D eigenvalue weighted by Gasteiger charge is 2.22. The van der Waals surface area contributed by atoms with Crippen molar-refractivity contribution in [3.05, 3.63) is 29.8 Å². The van der Waals surface area contributed by atoms with Crippen LogP contribution in [0, 0.1) is 0 Å². The van der Waals surface area contributed by atoms with Crippen molar-refractivity contribution in [2.24, 2.45) is 10.7 Å². The number of alkyl halides is 2. The predicted octanol–water partition coefficient (Wildman–Crippen LogP) is 2.22. The van der Waals surface area contributed by atoms with Gasteiger partial charge in [0.25, 0.3) is 6.43 Å². The van der Waals surface area contributed by atoms with Gasteiger partial charge >= 0.3 is 0 Å². The molecule has 24 heavy (non-hydrogen) atoms. The number of benzene rings is 1. The van der Waals surface area contributed by atoms with E-state index in [0.717, 1.165) is 25.2 Å². The molecule has 1 fully saturated rings. The van der Waals surface area contributed by atoms with E-state index in [9.17, 15) is 8.78 Å². The van der Waals surface area contributed by atoms with E-state index in [2.05, 4.69) is 22.1 Å². The number of nitrogens with zero attached hydrogens (tertiary/aromatic N) is 2. The van der Waals surface area contributed by atoms with Gasteiger partial charge in [0.05, 0.1) is 6.54 Å². The summed E-state index contributed by atoms with van der Waals surface area (Å²) in [6.07, 6.45) is -0.0786. The molecule has 0 aromatic heterocycles. The van der Waals surface area contributed by atoms with Crippen molar-refractivity contribution >= 4 is 5.96 Å². The number of nitrogens with one attached hydrogen (secondary N) is 1. The van der Waals surface area contributed by atoms with Crippen LogP contribution in [0.25, 0.3) is 0 Å². The summed E-state index contributed by atoms with van der Waals surface area (Å²) in [5.74, 6) is 0.816. The fourth-order valence-corrected chi connectivity index (χ4v) is 2.89. The SMILES string of the molecule is CCN1CCCC1CNC(N)=NCc1cccc(OCC(F)F)c1. The number of hydrogen-bond donors (Lipinski definition) is 2. The standard InChI is InChI=1S/C17H26F2N4O/c1-2-23-8-4-6-14(23)11-22-17(20)21-10-13-5-3-7-15(9-13)24-12-16(18)19/h3,5,7,9,14,16H,2,4,6,8,10-12H2,1H3,(H3,20,21,22). The van der Waals surface area contributed by atoms with Crippen molar-refractivity contribution in [3.63, 3.8) is 0 Å². The number of likely N-dealkylation sites (N-methyl/N-ethyl adjacent to an activating group) is 1. The van der Waals surface area contributed by atoms with Crippen LogP contribution in [-0.4, -0.2) is 49.6 Å². The van der Waals surface area contributed by atoms with E-state index < -0.39 is 13.0 Å². The summed E-state index contributed by atoms with van der Waals surface area (Å²) in [7, 11) is 0. The summed E-state index contributed by atoms with van der Waals surface area (Å²) in [6.45, 7) is 4.93. The largest absolute Gasteiger partial charge is 0.488 e. The minimum Gasteiger partial charge on any atom is -0.488 e. The number of aliphatic imine (C=N–C) groups is 1. The summed E-state index contributed by atoms with van der Waals surface area (Å²) < 4.78 is 29.3. The number of likely N-dealkylation sites (tertiary alicyclic amines) is 1. The molecule has 3 N–H and O–H groups in total. The molecular formula is C17H26F2N4O. The van der Waals surface area contributed by atoms with Crippen LogP contribution in [0.4, 0.5) is 8.78 Å². The number of guanidine groups is 1. The van der Waals surface area contributed by atoms with Crippen LogP contribution in [0.3, 0.4) is 0 Å². The molecule has 1 aromatic carbocycles. The van der Waals surface area contributed by atoms with Crippen molar-refractivity contribution in [2.45, 2.75) is 38.8 Å². The van der Waals surface area contributed by atoms with Gasteiger partial charge < -0.3 is 15.8 Å². The van der Waals surface area contributed by atoms with Gasteiger partial charge in [-0.3, -0.25) is 4.90 Å². The second-order valence-corrected chi connectivity index (χ2v) is 5.86. The smallest absolute Gasteiger partial charge is 0.272 e. The third-order valence-corrected chi connectivity index (χ3v) is 4.13. The zero-order chi connectivity index (χ0) is 17.4. The van der Waals surface area contributed by atoms with E-state index in [1.165, 1.54) is 12.8 Å². The Morgan fingerprint density at radius 3 is 3.08 bits per heavy atom. The van der Waals surface area contributed by atoms with Gasteiger partial charge in [-0.05, 0) is 43.6 Å². The Kier molecular flexibility index (Phi) is 7.24. The molecule has 1 unspecified atom stereocenters. The normalized spacial score (nSPS) is 19.0. The van der Waals surface area contributed by atoms with Gasteiger partial charge in [0.15, 0.2) is 5.96 Å². The Morgan fingerprint density at radius 1 is 1.50 bits per heavy atom. The van der Waals surface area contributed by atoms with Crippen molar-refractivity contribution in [1.29, 1.82) is 0 Å². The summed E-state index contributed by atoms with van der Waals surface area (Å²) >= 11 is 0. The maximum absolute atomic E-state index is 12.2. The number of nitrogens with two attached hydrogens (primary N) is 1. The third-order valence-electron chi connectivity index (χ3n) is 4.13. The van der Waals surface area contributed by atoms with Crippen molar-refractivity contribution in [2.75, 3.05) is 26.2 Å². The fourth-order valence-electron chi connectivity index (χ4n) is 2.89. The van der Waals surface area contributed by atoms with E-state index in [4.69, 9.17) is 10.5 Å². The Bertz CT molecular complexity index is 539. The van der Waals surface area contributed by atoms with Gasteiger partial charge in [-0.15, -0.1) is 0 Å². The molecule has 134 valence electrons. The molecule has 0 radical (unpaired) electrons. The van der Waals surface area contributed by atoms with Crippen LogP contribution in [0.1, 0.15) is 25.3 Å². The molecule has 0 amide bonds. The lowest BCUT2D eigenvalue weighted by Gasteiger charge is -2.23. The average Bonchev–Trinajstić information content (AvgIpc) is 3.04. The van der Waals surface area contributed by atoms with Gasteiger partial charge in [0, 0.05) is 12.6 Å². The topological polar surface area (TPSA) is 62.9 Å². The van der Waals surface area contributed by atoms with Crippen LogP contribution in [0.15, 0.2) is 29.3 Å². The molecular weight excluding hydrogens is 314 g/mol. The molecule has 1 aliphatic heterocycles. The van der Waals surface area contributed by atoms with E-state index in [0.29, 0.717) is 24.3 Å². The number of hydrogen-bond acceptors (Lipinski definition) is 3. The number of halogens is 2. The highest BCUT2D eigenvalue weighted by molar-refractivity contribution is 5.77. The van der Waals surface area contributed by atoms with Gasteiger partial charge in [-0.2, -0.15) is 0 Å². The second kappa shape index (κ2) is 9.42. The first-order chi connectivity index (χ1) is 11.6. The average molecular weight is 340 g/mol. The quantitative estimate of drug-likeness (QED) is 0.563. The minimum absolute atomic E-state index is 0.382. The summed E-state index contributed by atoms with van der Waals surface area (Å²) in [5, 5.41) is 3.17. The fraction of sp³-hybridized carbons (Fsp3) is 0.588. The Morgan fingerprint density at radius 2 is 2.33 bits per heavy atom. The molecule has 0 saturated carbocycles. The first-order valence-electron chi connectivity index (χ1n) is 8.36. The molecule has 0 spiro atoms. The number of rotatable bonds is 8. The van der Waals surface area contributed by atoms with Crippen LogP contribution >= 0.6 is 0 Å². The molecule has 2 rings (SSSR count). The first-order valence-corrected chi connectivity index (χ1v) is 8.36. The maximum Gasteiger partial charge on any atom is 0.272 e. The van der Waals surface area contributed by atoms with Crippen molar-refractivity contribution in [3.8, 4) is 5.75 Å². The highest BCUT2D eigenvalue weighted by atomic mass is 19.3. The first kappa shape index (κ1) is 18.4. The summed E-state index contributed by atoms with van der Waals surface area (Å²) in [4.78, 5) is 6.74. The second-order valence-electron chi connectivity index (χ2n) is 5.86. The molecule has 1 saturated heterocycles. The molecule has 1 atom stereocenters. The van der Waals surface area contributed by atoms with Crippen LogP contribution in [-0.2, 0) is 6.54 Å². The van der Waals surface area contributed by atoms with Crippen LogP contribution in [0.5, 0.6) is 5.75 Å². The third kappa shape index (κ3) is 5.96. The minimum atomic E-state index is -2.48. The molecule has 0 aliphatic carbocycles. The van der Waals surface area contributed by atoms with Crippen molar-refractivity contribution < 1.29 is 13.5 Å². The van der Waals surface area contributed by atoms with Crippen molar-refractivity contribution in [1.82, 2.24) is 10.2 Å². The zero-order valence-electron chi connectivity index (χ0n) is 14.0. The zero-order valence-corrected chi connectivity index (χ0v) is 14.0. The lowest BCUT2D eigenvalue weighted by atomic mass is 10.2. The van der Waals surface area contributed by atoms with Gasteiger partial charge in [-0.1, -0.05) is 19.1 Å². The molecule has 1 heterocycles. The molecule has 5 nitrogen and oxygen atoms in total. The summed E-state index contributed by atoms with van der Waals surface area (Å²) in [6, 6.07) is 7.48. The molecule has 1 aromatic rings. The highest BCUT2D eigenvalue weighted by Crippen LogP contribution is 2.16. The number of ether oxygens (including phenoxy) is 1. The maximum atomic E-state index is 12.2. The molecule has 0 bridgehead atoms. The Balaban J connectivity index is 1.80. The lowest BCUT2D eigenvalue weighted by molar-refractivity contribution is 0.0818. The monoisotopic (exact) mass is 340 g/mol. The van der Waals surface area contributed by atoms with Gasteiger partial charge in [0.1, 0.15) is 12.4 Å². The van der Waals surface area contributed by atoms with Gasteiger partial charge in [-0.25, -0.2) is 13.8 Å². The Labute approximate surface area is 141 Å². The summed E-state index contributed by atoms with van der Waals surface area (Å²) in [5.41, 5.74) is 6.78. The van der Waals surface area contributed by atoms with E-state index in [-0.39, 0.29) is 0 Å².